The molecule has 1 heterocycles. The Kier molecular flexibility index (Phi) is 5.97. The minimum atomic E-state index is -1.12. The smallest absolute Gasteiger partial charge is 0.323 e. The van der Waals surface area contributed by atoms with Gasteiger partial charge < -0.3 is 20.3 Å². The fourth-order valence-corrected chi connectivity index (χ4v) is 1.91. The topological polar surface area (TPSA) is 99.1 Å². The zero-order valence-electron chi connectivity index (χ0n) is 10.2. The van der Waals surface area contributed by atoms with Crippen molar-refractivity contribution in [2.24, 2.45) is 0 Å². The molecule has 0 aromatic heterocycles. The van der Waals surface area contributed by atoms with E-state index in [2.05, 4.69) is 5.32 Å². The van der Waals surface area contributed by atoms with Crippen LogP contribution in [0.2, 0.25) is 0 Å². The van der Waals surface area contributed by atoms with Gasteiger partial charge in [0.2, 0.25) is 0 Å². The van der Waals surface area contributed by atoms with Crippen LogP contribution in [0.1, 0.15) is 0 Å². The van der Waals surface area contributed by atoms with Crippen LogP contribution < -0.4 is 5.32 Å². The first-order valence-corrected chi connectivity index (χ1v) is 5.90. The highest BCUT2D eigenvalue weighted by Crippen LogP contribution is 2.29. The lowest BCUT2D eigenvalue weighted by molar-refractivity contribution is -0.104. The highest BCUT2D eigenvalue weighted by atomic mass is 35.5. The van der Waals surface area contributed by atoms with Gasteiger partial charge in [0, 0.05) is 24.4 Å². The van der Waals surface area contributed by atoms with E-state index in [1.165, 1.54) is 13.2 Å². The van der Waals surface area contributed by atoms with Gasteiger partial charge in [-0.2, -0.15) is 0 Å². The number of urea groups is 1. The van der Waals surface area contributed by atoms with Gasteiger partial charge in [0.05, 0.1) is 6.61 Å². The number of rotatable bonds is 4. The summed E-state index contributed by atoms with van der Waals surface area (Å²) in [4.78, 5) is 23.1. The summed E-state index contributed by atoms with van der Waals surface area (Å²) in [6.45, 7) is -0.426. The molecule has 0 saturated carbocycles. The zero-order valence-corrected chi connectivity index (χ0v) is 10.9. The Labute approximate surface area is 115 Å². The van der Waals surface area contributed by atoms with Crippen LogP contribution in [0.25, 0.3) is 0 Å². The number of aliphatic hydroxyl groups is 2. The summed E-state index contributed by atoms with van der Waals surface area (Å²) in [6, 6.07) is -0.551. The largest absolute Gasteiger partial charge is 0.394 e. The molecule has 0 aromatic carbocycles. The summed E-state index contributed by atoms with van der Waals surface area (Å²) in [5.41, 5.74) is 1.32. The van der Waals surface area contributed by atoms with Crippen molar-refractivity contribution in [1.82, 2.24) is 10.2 Å². The van der Waals surface area contributed by atoms with Crippen molar-refractivity contribution in [3.8, 4) is 0 Å². The Balaban J connectivity index is 3.04. The summed E-state index contributed by atoms with van der Waals surface area (Å²) in [5.74, 6) is 0. The number of aldehydes is 1. The molecule has 0 aromatic rings. The third kappa shape index (κ3) is 3.32. The minimum absolute atomic E-state index is 0.222. The van der Waals surface area contributed by atoms with Crippen LogP contribution >= 0.6 is 11.6 Å². The average Bonchev–Trinajstić information content (AvgIpc) is 2.75. The monoisotopic (exact) mass is 290 g/mol. The van der Waals surface area contributed by atoms with Gasteiger partial charge in [0.25, 0.3) is 0 Å². The van der Waals surface area contributed by atoms with Crippen LogP contribution in [-0.4, -0.2) is 59.5 Å². The first-order valence-electron chi connectivity index (χ1n) is 5.47. The molecule has 1 saturated heterocycles. The van der Waals surface area contributed by atoms with Crippen molar-refractivity contribution in [3.05, 3.63) is 23.4 Å². The molecule has 106 valence electrons. The first kappa shape index (κ1) is 15.6. The van der Waals surface area contributed by atoms with Gasteiger partial charge in [-0.15, -0.1) is 0 Å². The molecular formula is C11H15ClN2O5. The number of ether oxygens (including phenoxy) is 1. The first-order chi connectivity index (χ1) is 9.10. The summed E-state index contributed by atoms with van der Waals surface area (Å²) in [6.07, 6.45) is -0.196. The molecule has 0 spiro atoms. The molecule has 0 bridgehead atoms. The number of nitrogens with zero attached hydrogens (tertiary/aromatic N) is 1. The molecule has 19 heavy (non-hydrogen) atoms. The van der Waals surface area contributed by atoms with E-state index in [1.807, 2.05) is 0 Å². The van der Waals surface area contributed by atoms with Gasteiger partial charge in [0.15, 0.2) is 6.23 Å². The Morgan fingerprint density at radius 1 is 1.63 bits per heavy atom. The molecule has 1 aliphatic heterocycles. The Bertz CT molecular complexity index is 399. The number of carbonyl (C=O) groups excluding carboxylic acids is 2. The van der Waals surface area contributed by atoms with Crippen molar-refractivity contribution in [2.75, 3.05) is 13.7 Å². The van der Waals surface area contributed by atoms with E-state index >= 15 is 0 Å². The summed E-state index contributed by atoms with van der Waals surface area (Å²) >= 11 is 5.61. The number of carbonyl (C=O) groups is 2. The van der Waals surface area contributed by atoms with Gasteiger partial charge in [-0.3, -0.25) is 9.69 Å². The molecule has 8 heteroatoms. The molecule has 1 rings (SSSR count). The fraction of sp³-hybridized carbons (Fsp3) is 0.455. The maximum atomic E-state index is 11.7. The standard InChI is InChI=1S/C11H15ClN2O5/c1-13-11(18)14(3-2-4-15)10-7(5-12)9(17)8(6-16)19-10/h2-5,8-10,16-17H,6H2,1H3,(H,13,18)/b3-2-,7-5-/t8-,9+,10-/m1/s1. The molecule has 2 amide bonds. The van der Waals surface area contributed by atoms with E-state index in [0.717, 1.165) is 16.5 Å². The number of allylic oxidation sites excluding steroid dienone is 1. The van der Waals surface area contributed by atoms with Gasteiger partial charge in [-0.1, -0.05) is 11.6 Å². The molecule has 0 radical (unpaired) electrons. The van der Waals surface area contributed by atoms with Crippen molar-refractivity contribution in [2.45, 2.75) is 18.4 Å². The summed E-state index contributed by atoms with van der Waals surface area (Å²) in [7, 11) is 1.41. The van der Waals surface area contributed by atoms with Crippen LogP contribution in [0.4, 0.5) is 4.79 Å². The lowest BCUT2D eigenvalue weighted by Gasteiger charge is -2.25. The predicted molar refractivity (Wildman–Crippen MR) is 67.2 cm³/mol. The number of amides is 2. The van der Waals surface area contributed by atoms with Crippen molar-refractivity contribution in [3.63, 3.8) is 0 Å². The van der Waals surface area contributed by atoms with E-state index in [9.17, 15) is 14.7 Å². The third-order valence-corrected chi connectivity index (χ3v) is 2.87. The minimum Gasteiger partial charge on any atom is -0.394 e. The molecule has 1 aliphatic rings. The van der Waals surface area contributed by atoms with Gasteiger partial charge in [0.1, 0.15) is 18.5 Å². The number of hydrogen-bond acceptors (Lipinski definition) is 5. The van der Waals surface area contributed by atoms with Crippen LogP contribution in [0.5, 0.6) is 0 Å². The quantitative estimate of drug-likeness (QED) is 0.481. The number of nitrogens with one attached hydrogen (secondary N) is 1. The van der Waals surface area contributed by atoms with E-state index in [-0.39, 0.29) is 5.57 Å². The van der Waals surface area contributed by atoms with Crippen LogP contribution in [0, 0.1) is 0 Å². The summed E-state index contributed by atoms with van der Waals surface area (Å²) in [5, 5.41) is 21.3. The number of halogens is 1. The van der Waals surface area contributed by atoms with Gasteiger partial charge in [-0.05, 0) is 6.08 Å². The molecule has 0 unspecified atom stereocenters. The Hall–Kier alpha value is -1.41. The molecule has 0 aliphatic carbocycles. The number of aliphatic hydroxyl groups excluding tert-OH is 2. The molecule has 3 N–H and O–H groups in total. The number of hydrogen-bond donors (Lipinski definition) is 3. The summed E-state index contributed by atoms with van der Waals surface area (Å²) < 4.78 is 5.35. The van der Waals surface area contributed by atoms with Crippen molar-refractivity contribution in [1.29, 1.82) is 0 Å². The second-order valence-corrected chi connectivity index (χ2v) is 3.92. The molecule has 3 atom stereocenters. The van der Waals surface area contributed by atoms with Crippen LogP contribution in [0.15, 0.2) is 23.4 Å². The van der Waals surface area contributed by atoms with Crippen LogP contribution in [-0.2, 0) is 9.53 Å². The van der Waals surface area contributed by atoms with E-state index < -0.39 is 31.1 Å². The maximum absolute atomic E-state index is 11.7. The van der Waals surface area contributed by atoms with E-state index in [1.54, 1.807) is 0 Å². The highest BCUT2D eigenvalue weighted by Gasteiger charge is 2.42. The Morgan fingerprint density at radius 3 is 2.79 bits per heavy atom. The van der Waals surface area contributed by atoms with Crippen molar-refractivity contribution < 1.29 is 24.5 Å². The van der Waals surface area contributed by atoms with E-state index in [4.69, 9.17) is 21.4 Å². The second-order valence-electron chi connectivity index (χ2n) is 3.70. The maximum Gasteiger partial charge on any atom is 0.323 e. The van der Waals surface area contributed by atoms with Crippen LogP contribution in [0.3, 0.4) is 0 Å². The normalized spacial score (nSPS) is 28.8. The fourth-order valence-electron chi connectivity index (χ4n) is 1.68. The average molecular weight is 291 g/mol. The van der Waals surface area contributed by atoms with Gasteiger partial charge >= 0.3 is 6.03 Å². The second kappa shape index (κ2) is 7.25. The lowest BCUT2D eigenvalue weighted by atomic mass is 10.1. The predicted octanol–water partition coefficient (Wildman–Crippen LogP) is -0.459. The highest BCUT2D eigenvalue weighted by molar-refractivity contribution is 6.25. The Morgan fingerprint density at radius 2 is 2.32 bits per heavy atom. The third-order valence-electron chi connectivity index (χ3n) is 2.61. The van der Waals surface area contributed by atoms with Gasteiger partial charge in [-0.25, -0.2) is 4.79 Å². The van der Waals surface area contributed by atoms with E-state index in [0.29, 0.717) is 6.29 Å². The molecule has 7 nitrogen and oxygen atoms in total. The molecule has 1 fully saturated rings. The SMILES string of the molecule is CNC(=O)N(/C=C\C=O)[C@@H]1O[C@H](CO)[C@@H](O)/C1=C/Cl. The lowest BCUT2D eigenvalue weighted by Crippen LogP contribution is -2.42. The zero-order chi connectivity index (χ0) is 14.4. The molecular weight excluding hydrogens is 276 g/mol. The van der Waals surface area contributed by atoms with Crippen molar-refractivity contribution >= 4 is 23.9 Å².